The Morgan fingerprint density at radius 3 is 2.57 bits per heavy atom. The third kappa shape index (κ3) is 5.89. The van der Waals surface area contributed by atoms with Crippen LogP contribution in [-0.2, 0) is 31.5 Å². The topological polar surface area (TPSA) is 84.5 Å². The van der Waals surface area contributed by atoms with E-state index in [1.807, 2.05) is 18.2 Å². The Kier molecular flexibility index (Phi) is 7.19. The van der Waals surface area contributed by atoms with Crippen LogP contribution in [0.2, 0.25) is 5.02 Å². The zero-order chi connectivity index (χ0) is 19.9. The fraction of sp³-hybridized carbons (Fsp3) is 0.300. The van der Waals surface area contributed by atoms with Crippen molar-refractivity contribution in [1.82, 2.24) is 5.32 Å². The number of hydrogen-bond acceptors (Lipinski definition) is 4. The molecule has 0 bridgehead atoms. The molecule has 0 saturated heterocycles. The number of nitrogens with one attached hydrogen (secondary N) is 2. The van der Waals surface area contributed by atoms with Gasteiger partial charge in [-0.2, -0.15) is 0 Å². The molecule has 0 unspecified atom stereocenters. The zero-order valence-electron chi connectivity index (χ0n) is 15.2. The maximum atomic E-state index is 12.1. The van der Waals surface area contributed by atoms with Gasteiger partial charge in [0, 0.05) is 28.1 Å². The maximum absolute atomic E-state index is 12.1. The number of ether oxygens (including phenoxy) is 1. The van der Waals surface area contributed by atoms with E-state index in [9.17, 15) is 13.8 Å². The van der Waals surface area contributed by atoms with Crippen molar-refractivity contribution in [2.24, 2.45) is 0 Å². The van der Waals surface area contributed by atoms with Crippen LogP contribution < -0.4 is 10.6 Å². The van der Waals surface area contributed by atoms with E-state index in [0.717, 1.165) is 12.0 Å². The van der Waals surface area contributed by atoms with Gasteiger partial charge in [0.1, 0.15) is 17.6 Å². The highest BCUT2D eigenvalue weighted by Gasteiger charge is 2.21. The van der Waals surface area contributed by atoms with Crippen molar-refractivity contribution in [3.05, 3.63) is 64.7 Å². The fourth-order valence-electron chi connectivity index (χ4n) is 2.98. The number of hydrogen-bond donors (Lipinski definition) is 2. The minimum Gasteiger partial charge on any atom is -0.371 e. The average Bonchev–Trinajstić information content (AvgIpc) is 2.68. The number of fused-ring (bicyclic) bond motifs is 1. The molecule has 0 fully saturated rings. The Morgan fingerprint density at radius 1 is 1.07 bits per heavy atom. The number of carbonyl (C=O) groups excluding carboxylic acids is 2. The molecule has 1 aliphatic heterocycles. The highest BCUT2D eigenvalue weighted by Crippen LogP contribution is 2.26. The third-order valence-electron chi connectivity index (χ3n) is 4.29. The van der Waals surface area contributed by atoms with Crippen LogP contribution in [0.25, 0.3) is 0 Å². The SMILES string of the molecule is O=C(C[S@@](=O)CC(=O)Nc1ccc(Cl)cc1)NC[C@H]1OCCc2ccccc21. The lowest BCUT2D eigenvalue weighted by Gasteiger charge is -2.26. The summed E-state index contributed by atoms with van der Waals surface area (Å²) in [6.45, 7) is 0.915. The molecule has 0 spiro atoms. The number of anilines is 1. The average molecular weight is 421 g/mol. The molecule has 28 heavy (non-hydrogen) atoms. The second-order valence-corrected chi connectivity index (χ2v) is 8.29. The van der Waals surface area contributed by atoms with E-state index in [1.54, 1.807) is 24.3 Å². The summed E-state index contributed by atoms with van der Waals surface area (Å²) in [6.07, 6.45) is 0.642. The van der Waals surface area contributed by atoms with Crippen LogP contribution in [0.1, 0.15) is 17.2 Å². The summed E-state index contributed by atoms with van der Waals surface area (Å²) in [5.74, 6) is -1.27. The van der Waals surface area contributed by atoms with Gasteiger partial charge in [0.15, 0.2) is 0 Å². The number of carbonyl (C=O) groups is 2. The highest BCUT2D eigenvalue weighted by atomic mass is 35.5. The van der Waals surface area contributed by atoms with Gasteiger partial charge in [-0.1, -0.05) is 35.9 Å². The van der Waals surface area contributed by atoms with Gasteiger partial charge in [0.2, 0.25) is 11.8 Å². The van der Waals surface area contributed by atoms with Crippen LogP contribution in [0.4, 0.5) is 5.69 Å². The lowest BCUT2D eigenvalue weighted by molar-refractivity contribution is -0.119. The van der Waals surface area contributed by atoms with Gasteiger partial charge in [-0.15, -0.1) is 0 Å². The lowest BCUT2D eigenvalue weighted by atomic mass is 9.97. The Labute approximate surface area is 171 Å². The van der Waals surface area contributed by atoms with Crippen LogP contribution >= 0.6 is 11.6 Å². The molecule has 148 valence electrons. The third-order valence-corrected chi connectivity index (χ3v) is 5.71. The van der Waals surface area contributed by atoms with E-state index >= 15 is 0 Å². The number of benzene rings is 2. The molecular formula is C20H21ClN2O4S. The Hall–Kier alpha value is -2.22. The predicted octanol–water partition coefficient (Wildman–Crippen LogP) is 2.46. The molecule has 8 heteroatoms. The number of rotatable bonds is 7. The molecule has 1 heterocycles. The largest absolute Gasteiger partial charge is 0.371 e. The van der Waals surface area contributed by atoms with Crippen LogP contribution in [-0.4, -0.2) is 40.7 Å². The van der Waals surface area contributed by atoms with Crippen LogP contribution in [0.3, 0.4) is 0 Å². The molecule has 2 amide bonds. The van der Waals surface area contributed by atoms with E-state index in [2.05, 4.69) is 16.7 Å². The minimum atomic E-state index is -1.60. The van der Waals surface area contributed by atoms with Gasteiger partial charge < -0.3 is 15.4 Å². The van der Waals surface area contributed by atoms with E-state index in [-0.39, 0.29) is 23.5 Å². The first-order valence-electron chi connectivity index (χ1n) is 8.88. The first-order chi connectivity index (χ1) is 13.5. The van der Waals surface area contributed by atoms with E-state index in [1.165, 1.54) is 5.56 Å². The van der Waals surface area contributed by atoms with Crippen LogP contribution in [0.15, 0.2) is 48.5 Å². The second-order valence-electron chi connectivity index (χ2n) is 6.40. The van der Waals surface area contributed by atoms with Crippen molar-refractivity contribution in [1.29, 1.82) is 0 Å². The minimum absolute atomic E-state index is 0.212. The van der Waals surface area contributed by atoms with Gasteiger partial charge >= 0.3 is 0 Å². The van der Waals surface area contributed by atoms with Crippen molar-refractivity contribution in [3.8, 4) is 0 Å². The second kappa shape index (κ2) is 9.82. The smallest absolute Gasteiger partial charge is 0.237 e. The first-order valence-corrected chi connectivity index (χ1v) is 10.7. The van der Waals surface area contributed by atoms with Gasteiger partial charge in [-0.3, -0.25) is 13.8 Å². The molecule has 1 aliphatic rings. The Morgan fingerprint density at radius 2 is 1.79 bits per heavy atom. The molecule has 0 saturated carbocycles. The van der Waals surface area contributed by atoms with Crippen molar-refractivity contribution >= 4 is 39.9 Å². The lowest BCUT2D eigenvalue weighted by Crippen LogP contribution is -2.35. The molecule has 2 aromatic carbocycles. The molecule has 2 atom stereocenters. The Bertz CT molecular complexity index is 873. The quantitative estimate of drug-likeness (QED) is 0.720. The molecule has 0 aromatic heterocycles. The van der Waals surface area contributed by atoms with E-state index in [4.69, 9.17) is 16.3 Å². The van der Waals surface area contributed by atoms with Gasteiger partial charge in [-0.25, -0.2) is 0 Å². The van der Waals surface area contributed by atoms with Gasteiger partial charge in [0.25, 0.3) is 0 Å². The van der Waals surface area contributed by atoms with E-state index < -0.39 is 16.7 Å². The molecule has 2 aromatic rings. The normalized spacial score (nSPS) is 16.7. The summed E-state index contributed by atoms with van der Waals surface area (Å²) in [5, 5.41) is 5.93. The summed E-state index contributed by atoms with van der Waals surface area (Å²) in [7, 11) is -1.60. The molecule has 3 rings (SSSR count). The predicted molar refractivity (Wildman–Crippen MR) is 110 cm³/mol. The first kappa shape index (κ1) is 20.5. The Balaban J connectivity index is 1.43. The molecule has 0 radical (unpaired) electrons. The standard InChI is InChI=1S/C20H21ClN2O4S/c21-15-5-7-16(8-6-15)23-20(25)13-28(26)12-19(24)22-11-18-17-4-2-1-3-14(17)9-10-27-18/h1-8,18H,9-13H2,(H,22,24)(H,23,25)/t18-,28-/m1/s1. The molecule has 2 N–H and O–H groups in total. The fourth-order valence-corrected chi connectivity index (χ4v) is 3.96. The zero-order valence-corrected chi connectivity index (χ0v) is 16.7. The molecular weight excluding hydrogens is 400 g/mol. The molecule has 0 aliphatic carbocycles. The van der Waals surface area contributed by atoms with Crippen LogP contribution in [0, 0.1) is 0 Å². The van der Waals surface area contributed by atoms with E-state index in [0.29, 0.717) is 23.9 Å². The van der Waals surface area contributed by atoms with Crippen molar-refractivity contribution < 1.29 is 18.5 Å². The summed E-state index contributed by atoms with van der Waals surface area (Å²) in [5.41, 5.74) is 2.84. The summed E-state index contributed by atoms with van der Waals surface area (Å²) < 4.78 is 17.8. The summed E-state index contributed by atoms with van der Waals surface area (Å²) >= 11 is 5.79. The number of halogens is 1. The summed E-state index contributed by atoms with van der Waals surface area (Å²) in [4.78, 5) is 24.0. The number of amides is 2. The van der Waals surface area contributed by atoms with Gasteiger partial charge in [-0.05, 0) is 41.8 Å². The monoisotopic (exact) mass is 420 g/mol. The van der Waals surface area contributed by atoms with Crippen molar-refractivity contribution in [3.63, 3.8) is 0 Å². The highest BCUT2D eigenvalue weighted by molar-refractivity contribution is 7.86. The maximum Gasteiger partial charge on any atom is 0.237 e. The van der Waals surface area contributed by atoms with Gasteiger partial charge in [0.05, 0.1) is 6.61 Å². The van der Waals surface area contributed by atoms with Crippen LogP contribution in [0.5, 0.6) is 0 Å². The summed E-state index contributed by atoms with van der Waals surface area (Å²) in [6, 6.07) is 14.6. The molecule has 6 nitrogen and oxygen atoms in total. The van der Waals surface area contributed by atoms with Crippen molar-refractivity contribution in [2.75, 3.05) is 30.0 Å². The van der Waals surface area contributed by atoms with Crippen molar-refractivity contribution in [2.45, 2.75) is 12.5 Å².